The van der Waals surface area contributed by atoms with Crippen LogP contribution in [0, 0.1) is 0 Å². The second-order valence-corrected chi connectivity index (χ2v) is 12.8. The molecular formula is C30H35BrClN3O4S. The predicted octanol–water partition coefficient (Wildman–Crippen LogP) is 5.82. The average molecular weight is 649 g/mol. The van der Waals surface area contributed by atoms with Crippen molar-refractivity contribution in [1.29, 1.82) is 0 Å². The van der Waals surface area contributed by atoms with Crippen LogP contribution in [0.5, 0.6) is 0 Å². The Kier molecular flexibility index (Phi) is 12.0. The minimum Gasteiger partial charge on any atom is -0.354 e. The van der Waals surface area contributed by atoms with Gasteiger partial charge in [-0.05, 0) is 60.4 Å². The summed E-state index contributed by atoms with van der Waals surface area (Å²) in [6.07, 6.45) is 2.62. The molecule has 0 bridgehead atoms. The molecule has 214 valence electrons. The molecule has 0 radical (unpaired) electrons. The highest BCUT2D eigenvalue weighted by Gasteiger charge is 2.30. The Bertz CT molecular complexity index is 1350. The van der Waals surface area contributed by atoms with Crippen molar-refractivity contribution in [3.05, 3.63) is 99.5 Å². The van der Waals surface area contributed by atoms with Gasteiger partial charge in [-0.3, -0.25) is 13.9 Å². The summed E-state index contributed by atoms with van der Waals surface area (Å²) in [5.41, 5.74) is 2.31. The maximum atomic E-state index is 13.8. The molecule has 0 aromatic heterocycles. The Hall–Kier alpha value is -2.88. The van der Waals surface area contributed by atoms with Crippen molar-refractivity contribution in [3.63, 3.8) is 0 Å². The van der Waals surface area contributed by atoms with E-state index in [1.807, 2.05) is 61.5 Å². The first-order valence-corrected chi connectivity index (χ1v) is 16.2. The van der Waals surface area contributed by atoms with Gasteiger partial charge < -0.3 is 10.2 Å². The second-order valence-electron chi connectivity index (χ2n) is 9.56. The molecular weight excluding hydrogens is 614 g/mol. The summed E-state index contributed by atoms with van der Waals surface area (Å²) >= 11 is 9.42. The highest BCUT2D eigenvalue weighted by atomic mass is 79.9. The van der Waals surface area contributed by atoms with Crippen molar-refractivity contribution >= 4 is 55.1 Å². The number of hydrogen-bond acceptors (Lipinski definition) is 4. The molecule has 40 heavy (non-hydrogen) atoms. The van der Waals surface area contributed by atoms with Gasteiger partial charge in [-0.2, -0.15) is 0 Å². The number of hydrogen-bond donors (Lipinski definition) is 1. The maximum absolute atomic E-state index is 13.8. The van der Waals surface area contributed by atoms with Crippen molar-refractivity contribution in [3.8, 4) is 0 Å². The van der Waals surface area contributed by atoms with Gasteiger partial charge in [0.15, 0.2) is 0 Å². The molecule has 10 heteroatoms. The molecule has 0 aliphatic heterocycles. The topological polar surface area (TPSA) is 86.8 Å². The number of amides is 2. The molecule has 0 heterocycles. The molecule has 7 nitrogen and oxygen atoms in total. The van der Waals surface area contributed by atoms with Crippen LogP contribution in [0.4, 0.5) is 5.69 Å². The normalized spacial score (nSPS) is 12.0. The molecule has 3 aromatic carbocycles. The number of benzene rings is 3. The predicted molar refractivity (Wildman–Crippen MR) is 165 cm³/mol. The van der Waals surface area contributed by atoms with Gasteiger partial charge >= 0.3 is 0 Å². The first-order valence-electron chi connectivity index (χ1n) is 13.2. The van der Waals surface area contributed by atoms with Crippen LogP contribution in [0.3, 0.4) is 0 Å². The highest BCUT2D eigenvalue weighted by Crippen LogP contribution is 2.22. The Morgan fingerprint density at radius 3 is 2.20 bits per heavy atom. The molecule has 1 atom stereocenters. The van der Waals surface area contributed by atoms with Gasteiger partial charge in [-0.15, -0.1) is 0 Å². The lowest BCUT2D eigenvalue weighted by atomic mass is 10.0. The zero-order valence-electron chi connectivity index (χ0n) is 22.7. The van der Waals surface area contributed by atoms with Crippen molar-refractivity contribution in [2.24, 2.45) is 0 Å². The van der Waals surface area contributed by atoms with Gasteiger partial charge in [-0.25, -0.2) is 8.42 Å². The van der Waals surface area contributed by atoms with E-state index in [2.05, 4.69) is 21.2 Å². The molecule has 3 aromatic rings. The third-order valence-electron chi connectivity index (χ3n) is 6.35. The minimum absolute atomic E-state index is 0.0719. The largest absolute Gasteiger partial charge is 0.354 e. The van der Waals surface area contributed by atoms with E-state index in [-0.39, 0.29) is 37.7 Å². The fourth-order valence-electron chi connectivity index (χ4n) is 4.32. The fraction of sp³-hybridized carbons (Fsp3) is 0.333. The van der Waals surface area contributed by atoms with Crippen LogP contribution in [-0.4, -0.2) is 50.5 Å². The first-order chi connectivity index (χ1) is 19.1. The van der Waals surface area contributed by atoms with Gasteiger partial charge in [0, 0.05) is 42.0 Å². The summed E-state index contributed by atoms with van der Waals surface area (Å²) < 4.78 is 27.3. The summed E-state index contributed by atoms with van der Waals surface area (Å²) in [4.78, 5) is 28.8. The molecule has 1 N–H and O–H groups in total. The standard InChI is InChI=1S/C30H35BrClN3O4S/c1-3-19-33-30(37)28(21-23-8-5-4-6-9-23)34(22-24-11-13-25(31)14-12-24)29(36)10-7-20-35(40(2,38)39)27-17-15-26(32)16-18-27/h4-6,8-9,11-18,28H,3,7,10,19-22H2,1-2H3,(H,33,37). The van der Waals surface area contributed by atoms with E-state index in [0.717, 1.165) is 28.3 Å². The van der Waals surface area contributed by atoms with Crippen LogP contribution < -0.4 is 9.62 Å². The van der Waals surface area contributed by atoms with Crippen molar-refractivity contribution in [2.45, 2.75) is 45.2 Å². The first kappa shape index (κ1) is 31.6. The summed E-state index contributed by atoms with van der Waals surface area (Å²) in [5, 5.41) is 3.47. The number of nitrogens with zero attached hydrogens (tertiary/aromatic N) is 2. The SMILES string of the molecule is CCCNC(=O)C(Cc1ccccc1)N(Cc1ccc(Br)cc1)C(=O)CCCN(c1ccc(Cl)cc1)S(C)(=O)=O. The summed E-state index contributed by atoms with van der Waals surface area (Å²) in [6, 6.07) is 23.1. The number of rotatable bonds is 14. The Labute approximate surface area is 250 Å². The highest BCUT2D eigenvalue weighted by molar-refractivity contribution is 9.10. The van der Waals surface area contributed by atoms with Gasteiger partial charge in [0.25, 0.3) is 0 Å². The molecule has 0 spiro atoms. The number of anilines is 1. The summed E-state index contributed by atoms with van der Waals surface area (Å²) in [7, 11) is -3.59. The number of carbonyl (C=O) groups is 2. The quantitative estimate of drug-likeness (QED) is 0.239. The monoisotopic (exact) mass is 647 g/mol. The maximum Gasteiger partial charge on any atom is 0.243 e. The van der Waals surface area contributed by atoms with E-state index in [1.54, 1.807) is 29.2 Å². The lowest BCUT2D eigenvalue weighted by Crippen LogP contribution is -2.50. The van der Waals surface area contributed by atoms with Crippen molar-refractivity contribution < 1.29 is 18.0 Å². The van der Waals surface area contributed by atoms with Gasteiger partial charge in [0.05, 0.1) is 11.9 Å². The zero-order valence-corrected chi connectivity index (χ0v) is 25.9. The van der Waals surface area contributed by atoms with Crippen LogP contribution in [0.25, 0.3) is 0 Å². The number of sulfonamides is 1. The van der Waals surface area contributed by atoms with Crippen LogP contribution >= 0.6 is 27.5 Å². The molecule has 1 unspecified atom stereocenters. The lowest BCUT2D eigenvalue weighted by Gasteiger charge is -2.32. The molecule has 2 amide bonds. The molecule has 0 saturated heterocycles. The van der Waals surface area contributed by atoms with Crippen molar-refractivity contribution in [2.75, 3.05) is 23.7 Å². The van der Waals surface area contributed by atoms with Crippen LogP contribution in [0.1, 0.15) is 37.3 Å². The molecule has 0 saturated carbocycles. The van der Waals surface area contributed by atoms with E-state index in [9.17, 15) is 18.0 Å². The summed E-state index contributed by atoms with van der Waals surface area (Å²) in [6.45, 7) is 2.85. The lowest BCUT2D eigenvalue weighted by molar-refractivity contribution is -0.141. The third kappa shape index (κ3) is 9.64. The summed E-state index contributed by atoms with van der Waals surface area (Å²) in [5.74, 6) is -0.435. The van der Waals surface area contributed by atoms with Gasteiger partial charge in [0.1, 0.15) is 6.04 Å². The molecule has 0 aliphatic carbocycles. The van der Waals surface area contributed by atoms with Gasteiger partial charge in [-0.1, -0.05) is 76.9 Å². The van der Waals surface area contributed by atoms with E-state index in [0.29, 0.717) is 23.7 Å². The smallest absolute Gasteiger partial charge is 0.243 e. The number of nitrogens with one attached hydrogen (secondary N) is 1. The van der Waals surface area contributed by atoms with E-state index < -0.39 is 16.1 Å². The van der Waals surface area contributed by atoms with Crippen LogP contribution in [-0.2, 0) is 32.6 Å². The Morgan fingerprint density at radius 2 is 1.60 bits per heavy atom. The van der Waals surface area contributed by atoms with E-state index in [1.165, 1.54) is 4.31 Å². The molecule has 0 fully saturated rings. The Balaban J connectivity index is 1.85. The number of halogens is 2. The zero-order chi connectivity index (χ0) is 29.1. The third-order valence-corrected chi connectivity index (χ3v) is 8.33. The number of carbonyl (C=O) groups excluding carboxylic acids is 2. The van der Waals surface area contributed by atoms with Crippen molar-refractivity contribution in [1.82, 2.24) is 10.2 Å². The van der Waals surface area contributed by atoms with Crippen LogP contribution in [0.2, 0.25) is 5.02 Å². The second kappa shape index (κ2) is 15.2. The fourth-order valence-corrected chi connectivity index (χ4v) is 5.67. The Morgan fingerprint density at radius 1 is 0.950 bits per heavy atom. The molecule has 0 aliphatic rings. The van der Waals surface area contributed by atoms with Gasteiger partial charge in [0.2, 0.25) is 21.8 Å². The van der Waals surface area contributed by atoms with E-state index in [4.69, 9.17) is 11.6 Å². The minimum atomic E-state index is -3.59. The van der Waals surface area contributed by atoms with E-state index >= 15 is 0 Å². The van der Waals surface area contributed by atoms with Crippen LogP contribution in [0.15, 0.2) is 83.3 Å². The average Bonchev–Trinajstić information content (AvgIpc) is 2.93. The molecule has 3 rings (SSSR count).